The van der Waals surface area contributed by atoms with Crippen LogP contribution in [0.5, 0.6) is 0 Å². The summed E-state index contributed by atoms with van der Waals surface area (Å²) in [5.74, 6) is 1.00. The van der Waals surface area contributed by atoms with Crippen LogP contribution in [0.4, 0.5) is 0 Å². The van der Waals surface area contributed by atoms with Crippen molar-refractivity contribution < 1.29 is 0 Å². The van der Waals surface area contributed by atoms with E-state index in [1.54, 1.807) is 5.56 Å². The predicted octanol–water partition coefficient (Wildman–Crippen LogP) is 3.10. The summed E-state index contributed by atoms with van der Waals surface area (Å²) >= 11 is 0. The number of piperidine rings is 1. The summed E-state index contributed by atoms with van der Waals surface area (Å²) in [4.78, 5) is 2.78. The number of rotatable bonds is 2. The average Bonchev–Trinajstić information content (AvgIpc) is 2.97. The Morgan fingerprint density at radius 3 is 3.05 bits per heavy atom. The van der Waals surface area contributed by atoms with E-state index in [1.807, 2.05) is 0 Å². The van der Waals surface area contributed by atoms with Gasteiger partial charge in [-0.3, -0.25) is 4.90 Å². The summed E-state index contributed by atoms with van der Waals surface area (Å²) in [6.45, 7) is 4.70. The lowest BCUT2D eigenvalue weighted by Crippen LogP contribution is -2.41. The fourth-order valence-electron chi connectivity index (χ4n) is 4.62. The molecule has 4 rings (SSSR count). The van der Waals surface area contributed by atoms with Crippen molar-refractivity contribution in [1.29, 1.82) is 0 Å². The van der Waals surface area contributed by atoms with Gasteiger partial charge in [0.1, 0.15) is 0 Å². The van der Waals surface area contributed by atoms with Crippen LogP contribution in [0.1, 0.15) is 48.8 Å². The Hall–Kier alpha value is -0.860. The molecule has 1 saturated heterocycles. The van der Waals surface area contributed by atoms with E-state index in [0.29, 0.717) is 0 Å². The number of nitrogens with zero attached hydrogens (tertiary/aromatic N) is 1. The van der Waals surface area contributed by atoms with E-state index in [4.69, 9.17) is 0 Å². The molecule has 0 bridgehead atoms. The second kappa shape index (κ2) is 5.50. The van der Waals surface area contributed by atoms with Gasteiger partial charge >= 0.3 is 0 Å². The average molecular weight is 270 g/mol. The highest BCUT2D eigenvalue weighted by molar-refractivity contribution is 5.33. The Morgan fingerprint density at radius 2 is 2.05 bits per heavy atom. The van der Waals surface area contributed by atoms with Crippen molar-refractivity contribution in [3.05, 3.63) is 34.9 Å². The van der Waals surface area contributed by atoms with Gasteiger partial charge in [0, 0.05) is 19.1 Å². The van der Waals surface area contributed by atoms with Crippen molar-refractivity contribution in [2.75, 3.05) is 13.1 Å². The molecule has 3 aliphatic rings. The van der Waals surface area contributed by atoms with Crippen LogP contribution in [0, 0.1) is 5.92 Å². The molecule has 1 aromatic carbocycles. The first-order chi connectivity index (χ1) is 9.90. The molecule has 1 saturated carbocycles. The summed E-state index contributed by atoms with van der Waals surface area (Å²) in [6, 6.07) is 8.10. The number of hydrogen-bond donors (Lipinski definition) is 1. The van der Waals surface area contributed by atoms with Crippen molar-refractivity contribution in [3.8, 4) is 0 Å². The lowest BCUT2D eigenvalue weighted by Gasteiger charge is -2.38. The van der Waals surface area contributed by atoms with E-state index in [1.165, 1.54) is 62.7 Å². The van der Waals surface area contributed by atoms with Gasteiger partial charge < -0.3 is 5.32 Å². The topological polar surface area (TPSA) is 15.3 Å². The van der Waals surface area contributed by atoms with Gasteiger partial charge in [-0.25, -0.2) is 0 Å². The van der Waals surface area contributed by atoms with Crippen molar-refractivity contribution in [3.63, 3.8) is 0 Å². The van der Waals surface area contributed by atoms with Crippen LogP contribution in [0.3, 0.4) is 0 Å². The highest BCUT2D eigenvalue weighted by atomic mass is 15.2. The molecule has 2 heteroatoms. The Morgan fingerprint density at radius 1 is 1.10 bits per heavy atom. The molecule has 2 fully saturated rings. The maximum Gasteiger partial charge on any atom is 0.0236 e. The molecule has 0 radical (unpaired) electrons. The molecule has 2 heterocycles. The first-order valence-corrected chi connectivity index (χ1v) is 8.45. The zero-order valence-corrected chi connectivity index (χ0v) is 12.4. The van der Waals surface area contributed by atoms with Crippen LogP contribution in [-0.4, -0.2) is 24.0 Å². The van der Waals surface area contributed by atoms with Crippen LogP contribution in [-0.2, 0) is 19.5 Å². The molecule has 1 N–H and O–H groups in total. The summed E-state index contributed by atoms with van der Waals surface area (Å²) in [5.41, 5.74) is 4.62. The smallest absolute Gasteiger partial charge is 0.0236 e. The Bertz CT molecular complexity index is 482. The molecular formula is C18H26N2. The maximum absolute atomic E-state index is 3.50. The number of hydrogen-bond acceptors (Lipinski definition) is 2. The standard InChI is InChI=1S/C18H26N2/c1-3-16-4-2-10-20(18(16)5-1)13-14-6-7-15-8-9-19-12-17(15)11-14/h6-7,11,16,18-19H,1-5,8-10,12-13H2. The number of nitrogens with one attached hydrogen (secondary N) is 1. The van der Waals surface area contributed by atoms with Crippen molar-refractivity contribution in [1.82, 2.24) is 10.2 Å². The molecule has 20 heavy (non-hydrogen) atoms. The van der Waals surface area contributed by atoms with Gasteiger partial charge in [0.05, 0.1) is 0 Å². The van der Waals surface area contributed by atoms with Gasteiger partial charge in [0.25, 0.3) is 0 Å². The van der Waals surface area contributed by atoms with Crippen molar-refractivity contribution in [2.45, 2.75) is 57.7 Å². The van der Waals surface area contributed by atoms with E-state index in [9.17, 15) is 0 Å². The van der Waals surface area contributed by atoms with Gasteiger partial charge in [0.15, 0.2) is 0 Å². The minimum Gasteiger partial charge on any atom is -0.312 e. The molecule has 108 valence electrons. The van der Waals surface area contributed by atoms with Gasteiger partial charge in [-0.05, 0) is 67.8 Å². The zero-order valence-electron chi connectivity index (χ0n) is 12.4. The summed E-state index contributed by atoms with van der Waals surface area (Å²) in [6.07, 6.45) is 8.47. The second-order valence-electron chi connectivity index (χ2n) is 6.90. The molecule has 2 unspecified atom stereocenters. The summed E-state index contributed by atoms with van der Waals surface area (Å²) in [7, 11) is 0. The van der Waals surface area contributed by atoms with E-state index in [2.05, 4.69) is 28.4 Å². The highest BCUT2D eigenvalue weighted by Gasteiger charge is 2.34. The minimum atomic E-state index is 0.887. The molecule has 2 atom stereocenters. The summed E-state index contributed by atoms with van der Waals surface area (Å²) in [5, 5.41) is 3.50. The van der Waals surface area contributed by atoms with Crippen LogP contribution in [0.2, 0.25) is 0 Å². The number of likely N-dealkylation sites (tertiary alicyclic amines) is 1. The van der Waals surface area contributed by atoms with Crippen LogP contribution in [0.25, 0.3) is 0 Å². The first kappa shape index (κ1) is 12.8. The number of fused-ring (bicyclic) bond motifs is 2. The molecule has 1 aromatic rings. The summed E-state index contributed by atoms with van der Waals surface area (Å²) < 4.78 is 0. The third-order valence-corrected chi connectivity index (χ3v) is 5.65. The molecule has 0 spiro atoms. The zero-order chi connectivity index (χ0) is 13.4. The third-order valence-electron chi connectivity index (χ3n) is 5.65. The van der Waals surface area contributed by atoms with Crippen LogP contribution >= 0.6 is 0 Å². The maximum atomic E-state index is 3.50. The van der Waals surface area contributed by atoms with Crippen LogP contribution < -0.4 is 5.32 Å². The Kier molecular flexibility index (Phi) is 3.53. The van der Waals surface area contributed by atoms with Crippen molar-refractivity contribution in [2.24, 2.45) is 5.92 Å². The van der Waals surface area contributed by atoms with E-state index >= 15 is 0 Å². The van der Waals surface area contributed by atoms with Crippen LogP contribution in [0.15, 0.2) is 18.2 Å². The SMILES string of the molecule is c1cc2c(cc1CN1CCCC3CCCC31)CNCC2. The fraction of sp³-hybridized carbons (Fsp3) is 0.667. The van der Waals surface area contributed by atoms with Gasteiger partial charge in [-0.15, -0.1) is 0 Å². The van der Waals surface area contributed by atoms with Gasteiger partial charge in [-0.1, -0.05) is 24.6 Å². The van der Waals surface area contributed by atoms with Crippen molar-refractivity contribution >= 4 is 0 Å². The first-order valence-electron chi connectivity index (χ1n) is 8.45. The lowest BCUT2D eigenvalue weighted by molar-refractivity contribution is 0.106. The molecular weight excluding hydrogens is 244 g/mol. The largest absolute Gasteiger partial charge is 0.312 e. The molecule has 0 aromatic heterocycles. The predicted molar refractivity (Wildman–Crippen MR) is 82.6 cm³/mol. The fourth-order valence-corrected chi connectivity index (χ4v) is 4.62. The Balaban J connectivity index is 1.50. The van der Waals surface area contributed by atoms with Gasteiger partial charge in [0.2, 0.25) is 0 Å². The molecule has 0 amide bonds. The molecule has 2 aliphatic heterocycles. The molecule has 2 nitrogen and oxygen atoms in total. The van der Waals surface area contributed by atoms with E-state index in [0.717, 1.165) is 25.0 Å². The second-order valence-corrected chi connectivity index (χ2v) is 6.90. The monoisotopic (exact) mass is 270 g/mol. The van der Waals surface area contributed by atoms with E-state index < -0.39 is 0 Å². The minimum absolute atomic E-state index is 0.887. The number of benzene rings is 1. The third kappa shape index (κ3) is 2.40. The normalized spacial score (nSPS) is 30.0. The lowest BCUT2D eigenvalue weighted by atomic mass is 9.91. The Labute approximate surface area is 122 Å². The molecule has 1 aliphatic carbocycles. The van der Waals surface area contributed by atoms with Gasteiger partial charge in [-0.2, -0.15) is 0 Å². The highest BCUT2D eigenvalue weighted by Crippen LogP contribution is 2.37. The van der Waals surface area contributed by atoms with E-state index in [-0.39, 0.29) is 0 Å². The quantitative estimate of drug-likeness (QED) is 0.888.